The number of carbonyl (C=O) groups is 1. The van der Waals surface area contributed by atoms with Gasteiger partial charge in [-0.1, -0.05) is 11.6 Å². The number of nitrogens with one attached hydrogen (secondary N) is 1. The number of rotatable bonds is 5. The summed E-state index contributed by atoms with van der Waals surface area (Å²) in [6.45, 7) is 2.46. The Morgan fingerprint density at radius 1 is 1.08 bits per heavy atom. The van der Waals surface area contributed by atoms with Crippen molar-refractivity contribution in [2.45, 2.75) is 19.3 Å². The monoisotopic (exact) mass is 361 g/mol. The van der Waals surface area contributed by atoms with E-state index in [0.717, 1.165) is 16.9 Å². The molecule has 5 nitrogen and oxygen atoms in total. The highest BCUT2D eigenvalue weighted by Crippen LogP contribution is 2.45. The molecule has 0 aromatic heterocycles. The van der Waals surface area contributed by atoms with Gasteiger partial charge in [0.15, 0.2) is 11.5 Å². The van der Waals surface area contributed by atoms with Crippen LogP contribution < -0.4 is 19.5 Å². The van der Waals surface area contributed by atoms with Crippen LogP contribution in [0.25, 0.3) is 0 Å². The highest BCUT2D eigenvalue weighted by Gasteiger charge is 2.30. The number of benzene rings is 2. The summed E-state index contributed by atoms with van der Waals surface area (Å²) in [7, 11) is 3.15. The van der Waals surface area contributed by atoms with Crippen molar-refractivity contribution in [1.29, 1.82) is 0 Å². The topological polar surface area (TPSA) is 56.8 Å². The van der Waals surface area contributed by atoms with Gasteiger partial charge in [0.05, 0.1) is 20.8 Å². The van der Waals surface area contributed by atoms with Gasteiger partial charge in [-0.15, -0.1) is 0 Å². The maximum absolute atomic E-state index is 12.3. The molecule has 132 valence electrons. The molecule has 1 N–H and O–H groups in total. The standard InChI is InChI=1S/C19H20ClNO4/c1-4-25-16-6-5-11(20)7-14(16)12-9-19(22)21-15-10-18(24-3)17(23-2)8-13(12)15/h5-8,10,12H,4,9H2,1-3H3,(H,21,22)/t12-/m1/s1. The van der Waals surface area contributed by atoms with Gasteiger partial charge in [-0.05, 0) is 36.8 Å². The van der Waals surface area contributed by atoms with E-state index in [-0.39, 0.29) is 11.8 Å². The third-order valence-electron chi connectivity index (χ3n) is 4.24. The summed E-state index contributed by atoms with van der Waals surface area (Å²) in [6, 6.07) is 9.16. The molecule has 3 rings (SSSR count). The lowest BCUT2D eigenvalue weighted by molar-refractivity contribution is -0.116. The lowest BCUT2D eigenvalue weighted by atomic mass is 9.84. The van der Waals surface area contributed by atoms with E-state index in [1.54, 1.807) is 26.4 Å². The van der Waals surface area contributed by atoms with Gasteiger partial charge in [0.25, 0.3) is 0 Å². The van der Waals surface area contributed by atoms with Crippen molar-refractivity contribution in [3.05, 3.63) is 46.5 Å². The molecule has 0 saturated heterocycles. The number of methoxy groups -OCH3 is 2. The minimum atomic E-state index is -0.177. The summed E-state index contributed by atoms with van der Waals surface area (Å²) in [5.74, 6) is 1.67. The summed E-state index contributed by atoms with van der Waals surface area (Å²) >= 11 is 6.21. The van der Waals surface area contributed by atoms with Crippen LogP contribution in [0.4, 0.5) is 5.69 Å². The number of hydrogen-bond donors (Lipinski definition) is 1. The van der Waals surface area contributed by atoms with Crippen molar-refractivity contribution >= 4 is 23.2 Å². The Morgan fingerprint density at radius 2 is 1.80 bits per heavy atom. The molecule has 25 heavy (non-hydrogen) atoms. The van der Waals surface area contributed by atoms with Crippen LogP contribution in [0.3, 0.4) is 0 Å². The van der Waals surface area contributed by atoms with Crippen LogP contribution in [-0.2, 0) is 4.79 Å². The van der Waals surface area contributed by atoms with Crippen LogP contribution in [0.1, 0.15) is 30.4 Å². The van der Waals surface area contributed by atoms with Crippen LogP contribution >= 0.6 is 11.6 Å². The van der Waals surface area contributed by atoms with Gasteiger partial charge in [-0.25, -0.2) is 0 Å². The fourth-order valence-electron chi connectivity index (χ4n) is 3.14. The van der Waals surface area contributed by atoms with Gasteiger partial charge in [0.2, 0.25) is 5.91 Å². The van der Waals surface area contributed by atoms with Crippen LogP contribution in [0.5, 0.6) is 17.2 Å². The fraction of sp³-hybridized carbons (Fsp3) is 0.316. The molecule has 6 heteroatoms. The molecule has 2 aromatic rings. The van der Waals surface area contributed by atoms with E-state index < -0.39 is 0 Å². The van der Waals surface area contributed by atoms with E-state index in [1.165, 1.54) is 0 Å². The van der Waals surface area contributed by atoms with Crippen LogP contribution in [0, 0.1) is 0 Å². The second kappa shape index (κ2) is 7.23. The molecule has 1 amide bonds. The highest BCUT2D eigenvalue weighted by atomic mass is 35.5. The SMILES string of the molecule is CCOc1ccc(Cl)cc1[C@@H]1CC(=O)Nc2cc(OC)c(OC)cc21. The first-order chi connectivity index (χ1) is 12.1. The van der Waals surface area contributed by atoms with Crippen molar-refractivity contribution < 1.29 is 19.0 Å². The van der Waals surface area contributed by atoms with Gasteiger partial charge in [0.1, 0.15) is 5.75 Å². The highest BCUT2D eigenvalue weighted by molar-refractivity contribution is 6.30. The lowest BCUT2D eigenvalue weighted by Crippen LogP contribution is -2.24. The molecule has 1 aliphatic heterocycles. The molecular weight excluding hydrogens is 342 g/mol. The predicted molar refractivity (Wildman–Crippen MR) is 97.3 cm³/mol. The van der Waals surface area contributed by atoms with E-state index in [4.69, 9.17) is 25.8 Å². The zero-order valence-electron chi connectivity index (χ0n) is 14.4. The molecule has 0 bridgehead atoms. The third-order valence-corrected chi connectivity index (χ3v) is 4.48. The van der Waals surface area contributed by atoms with Crippen molar-refractivity contribution in [2.75, 3.05) is 26.1 Å². The average molecular weight is 362 g/mol. The summed E-state index contributed by atoms with van der Waals surface area (Å²) in [4.78, 5) is 12.3. The molecule has 1 aliphatic rings. The van der Waals surface area contributed by atoms with Crippen molar-refractivity contribution in [3.63, 3.8) is 0 Å². The van der Waals surface area contributed by atoms with Crippen LogP contribution in [-0.4, -0.2) is 26.7 Å². The van der Waals surface area contributed by atoms with E-state index in [0.29, 0.717) is 35.2 Å². The zero-order valence-corrected chi connectivity index (χ0v) is 15.1. The number of amides is 1. The Bertz CT molecular complexity index is 806. The van der Waals surface area contributed by atoms with E-state index in [1.807, 2.05) is 25.1 Å². The maximum Gasteiger partial charge on any atom is 0.225 e. The Morgan fingerprint density at radius 3 is 2.48 bits per heavy atom. The molecular formula is C19H20ClNO4. The normalized spacial score (nSPS) is 16.0. The quantitative estimate of drug-likeness (QED) is 0.865. The Balaban J connectivity index is 2.16. The maximum atomic E-state index is 12.3. The minimum absolute atomic E-state index is 0.0628. The molecule has 1 heterocycles. The average Bonchev–Trinajstić information content (AvgIpc) is 2.61. The first-order valence-electron chi connectivity index (χ1n) is 8.05. The lowest BCUT2D eigenvalue weighted by Gasteiger charge is -2.28. The second-order valence-corrected chi connectivity index (χ2v) is 6.15. The number of carbonyl (C=O) groups excluding carboxylic acids is 1. The molecule has 0 fully saturated rings. The molecule has 0 saturated carbocycles. The molecule has 0 radical (unpaired) electrons. The van der Waals surface area contributed by atoms with Crippen LogP contribution in [0.15, 0.2) is 30.3 Å². The van der Waals surface area contributed by atoms with E-state index in [9.17, 15) is 4.79 Å². The minimum Gasteiger partial charge on any atom is -0.494 e. The number of hydrogen-bond acceptors (Lipinski definition) is 4. The zero-order chi connectivity index (χ0) is 18.0. The molecule has 0 spiro atoms. The molecule has 2 aromatic carbocycles. The third kappa shape index (κ3) is 3.37. The first-order valence-corrected chi connectivity index (χ1v) is 8.43. The summed E-state index contributed by atoms with van der Waals surface area (Å²) in [5.41, 5.74) is 2.54. The molecule has 1 atom stereocenters. The molecule has 0 unspecified atom stereocenters. The van der Waals surface area contributed by atoms with Crippen molar-refractivity contribution in [3.8, 4) is 17.2 Å². The first kappa shape index (κ1) is 17.4. The largest absolute Gasteiger partial charge is 0.494 e. The number of halogens is 1. The Kier molecular flexibility index (Phi) is 5.04. The number of ether oxygens (including phenoxy) is 3. The smallest absolute Gasteiger partial charge is 0.225 e. The van der Waals surface area contributed by atoms with Gasteiger partial charge in [-0.2, -0.15) is 0 Å². The van der Waals surface area contributed by atoms with Crippen molar-refractivity contribution in [2.24, 2.45) is 0 Å². The number of fused-ring (bicyclic) bond motifs is 1. The predicted octanol–water partition coefficient (Wildman–Crippen LogP) is 4.23. The van der Waals surface area contributed by atoms with Gasteiger partial charge in [0, 0.05) is 34.7 Å². The van der Waals surface area contributed by atoms with E-state index >= 15 is 0 Å². The van der Waals surface area contributed by atoms with Gasteiger partial charge in [-0.3, -0.25) is 4.79 Å². The Labute approximate surface area is 151 Å². The van der Waals surface area contributed by atoms with Crippen LogP contribution in [0.2, 0.25) is 5.02 Å². The summed E-state index contributed by atoms with van der Waals surface area (Å²) in [5, 5.41) is 3.51. The van der Waals surface area contributed by atoms with E-state index in [2.05, 4.69) is 5.32 Å². The fourth-order valence-corrected chi connectivity index (χ4v) is 3.32. The second-order valence-electron chi connectivity index (χ2n) is 5.71. The van der Waals surface area contributed by atoms with Gasteiger partial charge < -0.3 is 19.5 Å². The summed E-state index contributed by atoms with van der Waals surface area (Å²) < 4.78 is 16.5. The Hall–Kier alpha value is -2.40. The molecule has 0 aliphatic carbocycles. The summed E-state index contributed by atoms with van der Waals surface area (Å²) in [6.07, 6.45) is 0.308. The van der Waals surface area contributed by atoms with Crippen molar-refractivity contribution in [1.82, 2.24) is 0 Å². The number of anilines is 1. The van der Waals surface area contributed by atoms with Gasteiger partial charge >= 0.3 is 0 Å².